The van der Waals surface area contributed by atoms with Crippen LogP contribution in [0.1, 0.15) is 29.5 Å². The second kappa shape index (κ2) is 6.37. The molecule has 140 valence electrons. The Bertz CT molecular complexity index is 1120. The van der Waals surface area contributed by atoms with Crippen LogP contribution in [-0.4, -0.2) is 12.0 Å². The van der Waals surface area contributed by atoms with Crippen molar-refractivity contribution in [2.24, 2.45) is 5.92 Å². The monoisotopic (exact) mass is 372 g/mol. The Morgan fingerprint density at radius 1 is 1.11 bits per heavy atom. The van der Waals surface area contributed by atoms with Crippen molar-refractivity contribution in [1.82, 2.24) is 0 Å². The quantitative estimate of drug-likeness (QED) is 0.370. The van der Waals surface area contributed by atoms with Gasteiger partial charge in [-0.1, -0.05) is 54.6 Å². The minimum Gasteiger partial charge on any atom is -0.494 e. The predicted octanol–water partition coefficient (Wildman–Crippen LogP) is 5.58. The maximum Gasteiger partial charge on any atom is 0.273 e. The van der Waals surface area contributed by atoms with Gasteiger partial charge in [0.2, 0.25) is 0 Å². The number of non-ortho nitro benzene ring substituents is 1. The van der Waals surface area contributed by atoms with E-state index in [0.717, 1.165) is 17.7 Å². The molecule has 2 aliphatic rings. The van der Waals surface area contributed by atoms with Gasteiger partial charge in [-0.15, -0.1) is 0 Å². The molecule has 5 heteroatoms. The van der Waals surface area contributed by atoms with Gasteiger partial charge in [0, 0.05) is 12.0 Å². The molecule has 0 amide bonds. The average molecular weight is 372 g/mol. The third-order valence-corrected chi connectivity index (χ3v) is 6.01. The zero-order valence-corrected chi connectivity index (χ0v) is 15.5. The zero-order valence-electron chi connectivity index (χ0n) is 15.5. The molecule has 3 aromatic carbocycles. The Balaban J connectivity index is 1.69. The van der Waals surface area contributed by atoms with Crippen molar-refractivity contribution in [3.8, 4) is 5.75 Å². The molecule has 0 unspecified atom stereocenters. The summed E-state index contributed by atoms with van der Waals surface area (Å²) in [4.78, 5) is 11.0. The van der Waals surface area contributed by atoms with E-state index in [4.69, 9.17) is 4.74 Å². The van der Waals surface area contributed by atoms with Gasteiger partial charge in [0.05, 0.1) is 29.8 Å². The first-order chi connectivity index (χ1) is 13.7. The highest BCUT2D eigenvalue weighted by Gasteiger charge is 2.40. The van der Waals surface area contributed by atoms with Crippen molar-refractivity contribution in [3.63, 3.8) is 0 Å². The van der Waals surface area contributed by atoms with E-state index in [1.807, 2.05) is 0 Å². The number of benzene rings is 3. The first kappa shape index (κ1) is 16.8. The minimum atomic E-state index is -0.354. The van der Waals surface area contributed by atoms with E-state index >= 15 is 0 Å². The summed E-state index contributed by atoms with van der Waals surface area (Å²) in [5.74, 6) is 0.965. The largest absolute Gasteiger partial charge is 0.494 e. The number of hydrogen-bond acceptors (Lipinski definition) is 4. The second-order valence-corrected chi connectivity index (χ2v) is 7.41. The first-order valence-corrected chi connectivity index (χ1v) is 9.44. The fourth-order valence-electron chi connectivity index (χ4n) is 4.75. The van der Waals surface area contributed by atoms with Crippen LogP contribution in [0.4, 0.5) is 11.4 Å². The van der Waals surface area contributed by atoms with E-state index in [-0.39, 0.29) is 22.6 Å². The van der Waals surface area contributed by atoms with E-state index in [1.54, 1.807) is 13.2 Å². The van der Waals surface area contributed by atoms with Crippen LogP contribution >= 0.6 is 0 Å². The van der Waals surface area contributed by atoms with E-state index in [2.05, 4.69) is 59.9 Å². The lowest BCUT2D eigenvalue weighted by atomic mass is 9.76. The summed E-state index contributed by atoms with van der Waals surface area (Å²) in [6, 6.07) is 18.1. The maximum atomic E-state index is 11.4. The summed E-state index contributed by atoms with van der Waals surface area (Å²) in [5.41, 5.74) is 3.13. The third-order valence-electron chi connectivity index (χ3n) is 6.01. The minimum absolute atomic E-state index is 0.0695. The summed E-state index contributed by atoms with van der Waals surface area (Å²) < 4.78 is 5.53. The van der Waals surface area contributed by atoms with Crippen molar-refractivity contribution in [2.75, 3.05) is 12.4 Å². The van der Waals surface area contributed by atoms with Gasteiger partial charge in [0.1, 0.15) is 5.75 Å². The van der Waals surface area contributed by atoms with Crippen molar-refractivity contribution in [3.05, 3.63) is 88.0 Å². The summed E-state index contributed by atoms with van der Waals surface area (Å²) in [5, 5.41) is 17.5. The van der Waals surface area contributed by atoms with Crippen LogP contribution in [0.3, 0.4) is 0 Å². The smallest absolute Gasteiger partial charge is 0.273 e. The van der Waals surface area contributed by atoms with Crippen molar-refractivity contribution >= 4 is 22.1 Å². The number of ether oxygens (including phenoxy) is 1. The van der Waals surface area contributed by atoms with Gasteiger partial charge in [-0.05, 0) is 34.2 Å². The van der Waals surface area contributed by atoms with Gasteiger partial charge in [-0.2, -0.15) is 0 Å². The van der Waals surface area contributed by atoms with Crippen LogP contribution in [0.25, 0.3) is 10.8 Å². The van der Waals surface area contributed by atoms with E-state index in [0.29, 0.717) is 11.7 Å². The molecule has 1 aliphatic carbocycles. The number of allylic oxidation sites excluding steroid dienone is 2. The van der Waals surface area contributed by atoms with Crippen LogP contribution in [0.5, 0.6) is 5.75 Å². The van der Waals surface area contributed by atoms with Gasteiger partial charge in [-0.25, -0.2) is 0 Å². The highest BCUT2D eigenvalue weighted by atomic mass is 16.6. The van der Waals surface area contributed by atoms with Crippen molar-refractivity contribution in [2.45, 2.75) is 18.4 Å². The summed E-state index contributed by atoms with van der Waals surface area (Å²) in [6.45, 7) is 0. The summed E-state index contributed by atoms with van der Waals surface area (Å²) >= 11 is 0. The van der Waals surface area contributed by atoms with Crippen LogP contribution in [0.2, 0.25) is 0 Å². The maximum absolute atomic E-state index is 11.4. The average Bonchev–Trinajstić information content (AvgIpc) is 3.22. The molecule has 1 N–H and O–H groups in total. The molecule has 0 spiro atoms. The molecule has 0 saturated carbocycles. The number of nitrogens with zero attached hydrogens (tertiary/aromatic N) is 1. The van der Waals surface area contributed by atoms with Gasteiger partial charge >= 0.3 is 0 Å². The number of rotatable bonds is 3. The Labute approximate surface area is 162 Å². The molecular formula is C23H20N2O3. The predicted molar refractivity (Wildman–Crippen MR) is 110 cm³/mol. The third kappa shape index (κ3) is 2.47. The molecule has 28 heavy (non-hydrogen) atoms. The molecule has 0 saturated heterocycles. The summed E-state index contributed by atoms with van der Waals surface area (Å²) in [6.07, 6.45) is 5.32. The van der Waals surface area contributed by atoms with Crippen LogP contribution < -0.4 is 10.1 Å². The molecule has 0 aromatic heterocycles. The van der Waals surface area contributed by atoms with Gasteiger partial charge in [-0.3, -0.25) is 10.1 Å². The number of fused-ring (bicyclic) bond motifs is 4. The van der Waals surface area contributed by atoms with Gasteiger partial charge in [0.25, 0.3) is 5.69 Å². The molecule has 1 aliphatic heterocycles. The molecule has 0 radical (unpaired) electrons. The number of nitro groups is 1. The zero-order chi connectivity index (χ0) is 19.3. The number of nitro benzene ring substituents is 1. The van der Waals surface area contributed by atoms with E-state index < -0.39 is 0 Å². The van der Waals surface area contributed by atoms with Gasteiger partial charge in [0.15, 0.2) is 0 Å². The Morgan fingerprint density at radius 3 is 2.75 bits per heavy atom. The highest BCUT2D eigenvalue weighted by molar-refractivity contribution is 5.87. The van der Waals surface area contributed by atoms with E-state index in [1.165, 1.54) is 22.4 Å². The summed E-state index contributed by atoms with van der Waals surface area (Å²) in [7, 11) is 1.56. The highest BCUT2D eigenvalue weighted by Crippen LogP contribution is 2.53. The number of methoxy groups -OCH3 is 1. The normalized spacial score (nSPS) is 22.4. The molecular weight excluding hydrogens is 352 g/mol. The number of hydrogen-bond donors (Lipinski definition) is 1. The van der Waals surface area contributed by atoms with Crippen LogP contribution in [0.15, 0.2) is 66.7 Å². The molecule has 0 bridgehead atoms. The standard InChI is InChI=1S/C23H20N2O3/c1-28-21-13-15(25(26)27)12-20-17-9-5-11-19(17)22(24-23(20)21)18-10-4-7-14-6-2-3-8-16(14)18/h2-10,12-13,17,19,22,24H,11H2,1H3/t17-,19-,22-/m0/s1. The Kier molecular flexibility index (Phi) is 3.83. The van der Waals surface area contributed by atoms with Crippen LogP contribution in [-0.2, 0) is 0 Å². The van der Waals surface area contributed by atoms with Gasteiger partial charge < -0.3 is 10.1 Å². The van der Waals surface area contributed by atoms with Crippen LogP contribution in [0, 0.1) is 16.0 Å². The fourth-order valence-corrected chi connectivity index (χ4v) is 4.75. The Hall–Kier alpha value is -3.34. The number of nitrogens with one attached hydrogen (secondary N) is 1. The van der Waals surface area contributed by atoms with Crippen molar-refractivity contribution in [1.29, 1.82) is 0 Å². The SMILES string of the molecule is COc1cc([N+](=O)[O-])cc2c1N[C@@H](c1cccc3ccccc13)[C@H]1CC=C[C@H]21. The lowest BCUT2D eigenvalue weighted by molar-refractivity contribution is -0.385. The topological polar surface area (TPSA) is 64.4 Å². The first-order valence-electron chi connectivity index (χ1n) is 9.44. The lowest BCUT2D eigenvalue weighted by Crippen LogP contribution is -2.29. The molecule has 5 rings (SSSR count). The molecule has 3 atom stereocenters. The lowest BCUT2D eigenvalue weighted by Gasteiger charge is -2.38. The van der Waals surface area contributed by atoms with Crippen molar-refractivity contribution < 1.29 is 9.66 Å². The molecule has 0 fully saturated rings. The number of anilines is 1. The Morgan fingerprint density at radius 2 is 1.93 bits per heavy atom. The molecule has 3 aromatic rings. The molecule has 1 heterocycles. The fraction of sp³-hybridized carbons (Fsp3) is 0.217. The molecule has 5 nitrogen and oxygen atoms in total. The van der Waals surface area contributed by atoms with E-state index in [9.17, 15) is 10.1 Å². The second-order valence-electron chi connectivity index (χ2n) is 7.41.